The Morgan fingerprint density at radius 1 is 1.35 bits per heavy atom. The fourth-order valence-electron chi connectivity index (χ4n) is 5.91. The van der Waals surface area contributed by atoms with Crippen LogP contribution in [0.2, 0.25) is 0 Å². The van der Waals surface area contributed by atoms with Crippen LogP contribution in [-0.2, 0) is 4.79 Å². The molecule has 3 nitrogen and oxygen atoms in total. The summed E-state index contributed by atoms with van der Waals surface area (Å²) >= 11 is 0. The Labute approximate surface area is 121 Å². The Balaban J connectivity index is 1.85. The molecule has 4 atom stereocenters. The van der Waals surface area contributed by atoms with E-state index in [1.165, 1.54) is 37.9 Å². The third kappa shape index (κ3) is 1.59. The molecule has 4 unspecified atom stereocenters. The van der Waals surface area contributed by atoms with E-state index in [1.54, 1.807) is 5.57 Å². The van der Waals surface area contributed by atoms with Gasteiger partial charge >= 0.3 is 0 Å². The topological polar surface area (TPSA) is 32.3 Å². The van der Waals surface area contributed by atoms with Crippen LogP contribution < -0.4 is 5.32 Å². The lowest BCUT2D eigenvalue weighted by Crippen LogP contribution is -2.64. The van der Waals surface area contributed by atoms with Crippen molar-refractivity contribution in [2.45, 2.75) is 57.4 Å². The summed E-state index contributed by atoms with van der Waals surface area (Å²) in [6, 6.07) is 0. The minimum Gasteiger partial charge on any atom is -0.330 e. The molecule has 0 radical (unpaired) electrons. The molecule has 0 aromatic heterocycles. The van der Waals surface area contributed by atoms with Crippen LogP contribution >= 0.6 is 0 Å². The van der Waals surface area contributed by atoms with Crippen molar-refractivity contribution in [3.05, 3.63) is 11.3 Å². The number of hydrogen-bond donors (Lipinski definition) is 1. The largest absolute Gasteiger partial charge is 0.330 e. The number of amides is 1. The molecule has 20 heavy (non-hydrogen) atoms. The lowest BCUT2D eigenvalue weighted by molar-refractivity contribution is -0.122. The second-order valence-electron chi connectivity index (χ2n) is 7.61. The molecule has 3 heteroatoms. The van der Waals surface area contributed by atoms with E-state index in [0.717, 1.165) is 30.6 Å². The van der Waals surface area contributed by atoms with Gasteiger partial charge in [-0.2, -0.15) is 0 Å². The zero-order chi connectivity index (χ0) is 13.9. The van der Waals surface area contributed by atoms with Crippen molar-refractivity contribution in [3.63, 3.8) is 0 Å². The van der Waals surface area contributed by atoms with Gasteiger partial charge in [0.1, 0.15) is 0 Å². The van der Waals surface area contributed by atoms with Gasteiger partial charge in [0.15, 0.2) is 0 Å². The van der Waals surface area contributed by atoms with Gasteiger partial charge in [-0.05, 0) is 75.4 Å². The number of nitrogens with zero attached hydrogens (tertiary/aromatic N) is 1. The molecule has 1 saturated carbocycles. The van der Waals surface area contributed by atoms with Crippen LogP contribution in [0.15, 0.2) is 11.3 Å². The van der Waals surface area contributed by atoms with Crippen LogP contribution in [0.1, 0.15) is 51.9 Å². The van der Waals surface area contributed by atoms with Gasteiger partial charge in [-0.15, -0.1) is 0 Å². The third-order valence-electron chi connectivity index (χ3n) is 6.48. The summed E-state index contributed by atoms with van der Waals surface area (Å²) in [6.07, 6.45) is 8.23. The van der Waals surface area contributed by atoms with E-state index in [9.17, 15) is 4.79 Å². The standard InChI is InChI=1S/C17H26N2O/c1-11-8-12-9-15-14(5-6-16(20)18-15)17(10-11)13(12)4-3-7-19(17)2/h11-13H,3-10H2,1-2H3,(H,18,20). The first-order chi connectivity index (χ1) is 9.61. The van der Waals surface area contributed by atoms with Crippen LogP contribution in [0.4, 0.5) is 0 Å². The number of likely N-dealkylation sites (tertiary alicyclic amines) is 1. The van der Waals surface area contributed by atoms with E-state index in [-0.39, 0.29) is 11.4 Å². The number of piperidine rings is 1. The first kappa shape index (κ1) is 12.9. The summed E-state index contributed by atoms with van der Waals surface area (Å²) in [7, 11) is 2.33. The average molecular weight is 274 g/mol. The predicted molar refractivity (Wildman–Crippen MR) is 79.0 cm³/mol. The molecule has 2 aliphatic heterocycles. The second-order valence-corrected chi connectivity index (χ2v) is 7.61. The average Bonchev–Trinajstić information content (AvgIpc) is 2.39. The van der Waals surface area contributed by atoms with E-state index in [0.29, 0.717) is 6.42 Å². The maximum Gasteiger partial charge on any atom is 0.224 e. The fourth-order valence-corrected chi connectivity index (χ4v) is 5.91. The number of carbonyl (C=O) groups excluding carboxylic acids is 1. The van der Waals surface area contributed by atoms with Crippen molar-refractivity contribution in [1.29, 1.82) is 0 Å². The van der Waals surface area contributed by atoms with Crippen LogP contribution in [-0.4, -0.2) is 29.9 Å². The summed E-state index contributed by atoms with van der Waals surface area (Å²) in [6.45, 7) is 3.65. The minimum absolute atomic E-state index is 0.239. The van der Waals surface area contributed by atoms with E-state index >= 15 is 0 Å². The van der Waals surface area contributed by atoms with Gasteiger partial charge in [-0.1, -0.05) is 6.92 Å². The SMILES string of the molecule is CC1CC2CC3=C(CCC(=O)N3)C3(C1)C2CCCN3C. The predicted octanol–water partition coefficient (Wildman–Crippen LogP) is 2.68. The summed E-state index contributed by atoms with van der Waals surface area (Å²) in [5.41, 5.74) is 3.19. The summed E-state index contributed by atoms with van der Waals surface area (Å²) in [5, 5.41) is 3.22. The van der Waals surface area contributed by atoms with Gasteiger partial charge in [0.05, 0.1) is 0 Å². The Bertz CT molecular complexity index is 483. The van der Waals surface area contributed by atoms with Gasteiger partial charge in [0.2, 0.25) is 5.91 Å². The van der Waals surface area contributed by atoms with Crippen molar-refractivity contribution < 1.29 is 4.79 Å². The fraction of sp³-hybridized carbons (Fsp3) is 0.824. The van der Waals surface area contributed by atoms with Crippen LogP contribution in [0.25, 0.3) is 0 Å². The first-order valence-electron chi connectivity index (χ1n) is 8.35. The molecular weight excluding hydrogens is 248 g/mol. The lowest BCUT2D eigenvalue weighted by atomic mass is 9.52. The number of nitrogens with one attached hydrogen (secondary N) is 1. The van der Waals surface area contributed by atoms with Gasteiger partial charge in [-0.25, -0.2) is 0 Å². The summed E-state index contributed by atoms with van der Waals surface area (Å²) in [5.74, 6) is 2.69. The second kappa shape index (κ2) is 4.33. The monoisotopic (exact) mass is 274 g/mol. The summed E-state index contributed by atoms with van der Waals surface area (Å²) in [4.78, 5) is 14.4. The van der Waals surface area contributed by atoms with Crippen LogP contribution in [0, 0.1) is 17.8 Å². The number of likely N-dealkylation sites (N-methyl/N-ethyl adjacent to an activating group) is 1. The van der Waals surface area contributed by atoms with Gasteiger partial charge in [0.25, 0.3) is 0 Å². The highest BCUT2D eigenvalue weighted by molar-refractivity contribution is 5.80. The summed E-state index contributed by atoms with van der Waals surface area (Å²) < 4.78 is 0. The Morgan fingerprint density at radius 3 is 3.05 bits per heavy atom. The van der Waals surface area contributed by atoms with Crippen molar-refractivity contribution in [2.24, 2.45) is 17.8 Å². The molecule has 2 aliphatic carbocycles. The highest BCUT2D eigenvalue weighted by atomic mass is 16.1. The van der Waals surface area contributed by atoms with Crippen LogP contribution in [0.3, 0.4) is 0 Å². The molecule has 2 heterocycles. The zero-order valence-electron chi connectivity index (χ0n) is 12.7. The molecule has 4 rings (SSSR count). The van der Waals surface area contributed by atoms with Crippen molar-refractivity contribution in [3.8, 4) is 0 Å². The van der Waals surface area contributed by atoms with E-state index in [1.807, 2.05) is 0 Å². The van der Waals surface area contributed by atoms with Crippen LogP contribution in [0.5, 0.6) is 0 Å². The number of hydrogen-bond acceptors (Lipinski definition) is 2. The molecule has 1 saturated heterocycles. The van der Waals surface area contributed by atoms with Crippen molar-refractivity contribution in [2.75, 3.05) is 13.6 Å². The molecule has 1 N–H and O–H groups in total. The molecular formula is C17H26N2O. The highest BCUT2D eigenvalue weighted by Crippen LogP contribution is 2.58. The quantitative estimate of drug-likeness (QED) is 0.736. The number of allylic oxidation sites excluding steroid dienone is 1. The van der Waals surface area contributed by atoms with Gasteiger partial charge in [-0.3, -0.25) is 9.69 Å². The molecule has 2 fully saturated rings. The number of rotatable bonds is 0. The van der Waals surface area contributed by atoms with Gasteiger partial charge < -0.3 is 5.32 Å². The Morgan fingerprint density at radius 2 is 2.20 bits per heavy atom. The molecule has 4 aliphatic rings. The molecule has 2 bridgehead atoms. The van der Waals surface area contributed by atoms with Crippen molar-refractivity contribution >= 4 is 5.91 Å². The van der Waals surface area contributed by atoms with Gasteiger partial charge in [0, 0.05) is 17.7 Å². The maximum atomic E-state index is 11.8. The Hall–Kier alpha value is -0.830. The Kier molecular flexibility index (Phi) is 2.79. The molecule has 110 valence electrons. The lowest BCUT2D eigenvalue weighted by Gasteiger charge is -2.62. The maximum absolute atomic E-state index is 11.8. The molecule has 0 spiro atoms. The normalized spacial score (nSPS) is 44.7. The first-order valence-corrected chi connectivity index (χ1v) is 8.35. The highest BCUT2D eigenvalue weighted by Gasteiger charge is 2.57. The van der Waals surface area contributed by atoms with E-state index < -0.39 is 0 Å². The minimum atomic E-state index is 0.239. The zero-order valence-corrected chi connectivity index (χ0v) is 12.7. The van der Waals surface area contributed by atoms with E-state index in [4.69, 9.17) is 0 Å². The molecule has 1 amide bonds. The van der Waals surface area contributed by atoms with E-state index in [2.05, 4.69) is 24.2 Å². The number of carbonyl (C=O) groups is 1. The molecule has 0 aromatic carbocycles. The molecule has 0 aromatic rings. The smallest absolute Gasteiger partial charge is 0.224 e. The van der Waals surface area contributed by atoms with Crippen molar-refractivity contribution in [1.82, 2.24) is 10.2 Å². The third-order valence-corrected chi connectivity index (χ3v) is 6.48.